The van der Waals surface area contributed by atoms with Crippen LogP contribution in [0.25, 0.3) is 11.1 Å². The first-order valence-electron chi connectivity index (χ1n) is 11.5. The van der Waals surface area contributed by atoms with Crippen LogP contribution in [0.2, 0.25) is 0 Å². The van der Waals surface area contributed by atoms with Gasteiger partial charge in [-0.15, -0.1) is 0 Å². The van der Waals surface area contributed by atoms with E-state index in [1.807, 2.05) is 54.3 Å². The van der Waals surface area contributed by atoms with Gasteiger partial charge < -0.3 is 20.3 Å². The van der Waals surface area contributed by atoms with Gasteiger partial charge in [-0.25, -0.2) is 0 Å². The van der Waals surface area contributed by atoms with Crippen molar-refractivity contribution < 1.29 is 14.3 Å². The summed E-state index contributed by atoms with van der Waals surface area (Å²) in [6, 6.07) is 21.1. The number of hydrogen-bond donors (Lipinski definition) is 2. The van der Waals surface area contributed by atoms with E-state index in [1.165, 1.54) is 6.92 Å². The van der Waals surface area contributed by atoms with Crippen molar-refractivity contribution in [3.63, 3.8) is 0 Å². The monoisotopic (exact) mass is 468 g/mol. The summed E-state index contributed by atoms with van der Waals surface area (Å²) in [4.78, 5) is 25.9. The zero-order valence-corrected chi connectivity index (χ0v) is 20.3. The Morgan fingerprint density at radius 2 is 1.83 bits per heavy atom. The smallest absolute Gasteiger partial charge is 0.224 e. The second-order valence-corrected chi connectivity index (χ2v) is 8.73. The predicted molar refractivity (Wildman–Crippen MR) is 137 cm³/mol. The number of hydrogen-bond acceptors (Lipinski definition) is 5. The van der Waals surface area contributed by atoms with Gasteiger partial charge in [0.15, 0.2) is 0 Å². The molecule has 0 saturated heterocycles. The summed E-state index contributed by atoms with van der Waals surface area (Å²) in [5.41, 5.74) is 5.83. The minimum atomic E-state index is -0.126. The fraction of sp³-hybridized carbons (Fsp3) is 0.250. The Labute approximate surface area is 205 Å². The number of fused-ring (bicyclic) bond motifs is 1. The molecule has 1 heterocycles. The number of amides is 2. The number of methoxy groups -OCH3 is 1. The molecule has 178 valence electrons. The summed E-state index contributed by atoms with van der Waals surface area (Å²) in [6.45, 7) is 5.11. The van der Waals surface area contributed by atoms with Crippen LogP contribution in [0.3, 0.4) is 0 Å². The molecule has 1 aliphatic rings. The first-order valence-corrected chi connectivity index (χ1v) is 11.5. The van der Waals surface area contributed by atoms with Crippen LogP contribution in [-0.4, -0.2) is 25.0 Å². The fourth-order valence-electron chi connectivity index (χ4n) is 4.71. The molecule has 0 aliphatic carbocycles. The number of nitrogens with one attached hydrogen (secondary N) is 2. The van der Waals surface area contributed by atoms with Gasteiger partial charge in [0, 0.05) is 37.3 Å². The molecule has 0 unspecified atom stereocenters. The van der Waals surface area contributed by atoms with Crippen molar-refractivity contribution in [2.45, 2.75) is 39.3 Å². The van der Waals surface area contributed by atoms with E-state index in [9.17, 15) is 14.9 Å². The summed E-state index contributed by atoms with van der Waals surface area (Å²) in [5, 5.41) is 15.6. The molecule has 0 saturated carbocycles. The standard InChI is InChI=1S/C28H28N4O3/c1-17-12-26(31-25-10-8-20(16-29)13-28(25)35-4)24-15-22(9-11-27(24)32(17)19(3)34)21-6-5-7-23(14-21)30-18(2)33/h5-11,13-15,17,26,31H,12H2,1-4H3,(H,30,33)/t17-,26+/m0/s1. The number of benzene rings is 3. The lowest BCUT2D eigenvalue weighted by atomic mass is 9.88. The fourth-order valence-corrected chi connectivity index (χ4v) is 4.71. The Balaban J connectivity index is 1.78. The van der Waals surface area contributed by atoms with E-state index in [0.29, 0.717) is 17.7 Å². The molecule has 7 heteroatoms. The van der Waals surface area contributed by atoms with Crippen LogP contribution in [-0.2, 0) is 9.59 Å². The third-order valence-corrected chi connectivity index (χ3v) is 6.20. The van der Waals surface area contributed by atoms with Gasteiger partial charge in [0.2, 0.25) is 11.8 Å². The highest BCUT2D eigenvalue weighted by atomic mass is 16.5. The largest absolute Gasteiger partial charge is 0.495 e. The number of carbonyl (C=O) groups excluding carboxylic acids is 2. The molecular formula is C28H28N4O3. The first kappa shape index (κ1) is 23.8. The van der Waals surface area contributed by atoms with Crippen LogP contribution in [0.5, 0.6) is 5.75 Å². The summed E-state index contributed by atoms with van der Waals surface area (Å²) in [5.74, 6) is 0.458. The number of anilines is 3. The van der Waals surface area contributed by atoms with E-state index >= 15 is 0 Å². The molecule has 0 bridgehead atoms. The second-order valence-electron chi connectivity index (χ2n) is 8.73. The van der Waals surface area contributed by atoms with E-state index < -0.39 is 0 Å². The Morgan fingerprint density at radius 3 is 2.51 bits per heavy atom. The Morgan fingerprint density at radius 1 is 1.06 bits per heavy atom. The zero-order chi connectivity index (χ0) is 25.1. The average Bonchev–Trinajstić information content (AvgIpc) is 2.83. The molecule has 3 aromatic rings. The van der Waals surface area contributed by atoms with Gasteiger partial charge in [-0.3, -0.25) is 9.59 Å². The lowest BCUT2D eigenvalue weighted by Gasteiger charge is -2.40. The van der Waals surface area contributed by atoms with Crippen LogP contribution < -0.4 is 20.3 Å². The molecule has 1 aliphatic heterocycles. The third kappa shape index (κ3) is 4.97. The van der Waals surface area contributed by atoms with Gasteiger partial charge in [-0.05, 0) is 66.4 Å². The normalized spacial score (nSPS) is 16.6. The SMILES string of the molecule is COc1cc(C#N)ccc1N[C@@H]1C[C@H](C)N(C(C)=O)c2ccc(-c3cccc(NC(C)=O)c3)cc21. The number of rotatable bonds is 5. The summed E-state index contributed by atoms with van der Waals surface area (Å²) < 4.78 is 5.53. The minimum Gasteiger partial charge on any atom is -0.495 e. The molecule has 0 fully saturated rings. The minimum absolute atomic E-state index is 0.00387. The molecule has 2 N–H and O–H groups in total. The van der Waals surface area contributed by atoms with Crippen LogP contribution in [0.4, 0.5) is 17.1 Å². The number of nitriles is 1. The Bertz CT molecular complexity index is 1330. The average molecular weight is 469 g/mol. The lowest BCUT2D eigenvalue weighted by molar-refractivity contribution is -0.117. The van der Waals surface area contributed by atoms with Crippen molar-refractivity contribution in [1.82, 2.24) is 0 Å². The molecule has 0 spiro atoms. The molecule has 35 heavy (non-hydrogen) atoms. The number of ether oxygens (including phenoxy) is 1. The van der Waals surface area contributed by atoms with E-state index in [-0.39, 0.29) is 23.9 Å². The van der Waals surface area contributed by atoms with Gasteiger partial charge >= 0.3 is 0 Å². The molecule has 2 amide bonds. The van der Waals surface area contributed by atoms with Crippen LogP contribution in [0, 0.1) is 11.3 Å². The third-order valence-electron chi connectivity index (χ3n) is 6.20. The quantitative estimate of drug-likeness (QED) is 0.516. The zero-order valence-electron chi connectivity index (χ0n) is 20.3. The highest BCUT2D eigenvalue weighted by Crippen LogP contribution is 2.42. The molecule has 0 radical (unpaired) electrons. The molecule has 0 aromatic heterocycles. The van der Waals surface area contributed by atoms with Gasteiger partial charge in [0.25, 0.3) is 0 Å². The van der Waals surface area contributed by atoms with Gasteiger partial charge in [-0.2, -0.15) is 5.26 Å². The van der Waals surface area contributed by atoms with Gasteiger partial charge in [-0.1, -0.05) is 18.2 Å². The van der Waals surface area contributed by atoms with Crippen molar-refractivity contribution in [2.24, 2.45) is 0 Å². The highest BCUT2D eigenvalue weighted by Gasteiger charge is 2.33. The Hall–Kier alpha value is -4.31. The summed E-state index contributed by atoms with van der Waals surface area (Å²) >= 11 is 0. The van der Waals surface area contributed by atoms with Crippen molar-refractivity contribution in [1.29, 1.82) is 5.26 Å². The molecular weight excluding hydrogens is 440 g/mol. The second kappa shape index (κ2) is 9.90. The lowest BCUT2D eigenvalue weighted by Crippen LogP contribution is -2.43. The van der Waals surface area contributed by atoms with Crippen LogP contribution in [0.15, 0.2) is 60.7 Å². The number of nitrogens with zero attached hydrogens (tertiary/aromatic N) is 2. The molecule has 2 atom stereocenters. The number of carbonyl (C=O) groups is 2. The Kier molecular flexibility index (Phi) is 6.74. The van der Waals surface area contributed by atoms with Crippen molar-refractivity contribution >= 4 is 28.9 Å². The summed E-state index contributed by atoms with van der Waals surface area (Å²) in [7, 11) is 1.58. The van der Waals surface area contributed by atoms with E-state index in [2.05, 4.69) is 22.8 Å². The van der Waals surface area contributed by atoms with E-state index in [4.69, 9.17) is 4.74 Å². The molecule has 4 rings (SSSR count). The van der Waals surface area contributed by atoms with Gasteiger partial charge in [0.05, 0.1) is 30.5 Å². The predicted octanol–water partition coefficient (Wildman–Crippen LogP) is 5.49. The maximum atomic E-state index is 12.5. The topological polar surface area (TPSA) is 94.5 Å². The maximum absolute atomic E-state index is 12.5. The molecule has 3 aromatic carbocycles. The van der Waals surface area contributed by atoms with Crippen molar-refractivity contribution in [2.75, 3.05) is 22.6 Å². The van der Waals surface area contributed by atoms with E-state index in [0.717, 1.165) is 33.8 Å². The van der Waals surface area contributed by atoms with Crippen molar-refractivity contribution in [3.8, 4) is 22.9 Å². The van der Waals surface area contributed by atoms with Crippen LogP contribution in [0.1, 0.15) is 44.4 Å². The highest BCUT2D eigenvalue weighted by molar-refractivity contribution is 5.94. The van der Waals surface area contributed by atoms with E-state index in [1.54, 1.807) is 26.2 Å². The van der Waals surface area contributed by atoms with Crippen LogP contribution >= 0.6 is 0 Å². The molecule has 7 nitrogen and oxygen atoms in total. The van der Waals surface area contributed by atoms with Gasteiger partial charge in [0.1, 0.15) is 5.75 Å². The first-order chi connectivity index (χ1) is 16.8. The summed E-state index contributed by atoms with van der Waals surface area (Å²) in [6.07, 6.45) is 0.700. The van der Waals surface area contributed by atoms with Crippen molar-refractivity contribution in [3.05, 3.63) is 71.8 Å². The maximum Gasteiger partial charge on any atom is 0.224 e.